The molecule has 0 unspecified atom stereocenters. The molecular weight excluding hydrogens is 339 g/mol. The first-order chi connectivity index (χ1) is 12.8. The van der Waals surface area contributed by atoms with Gasteiger partial charge in [0.15, 0.2) is 5.82 Å². The van der Waals surface area contributed by atoms with Crippen LogP contribution >= 0.6 is 0 Å². The quantitative estimate of drug-likeness (QED) is 0.784. The summed E-state index contributed by atoms with van der Waals surface area (Å²) >= 11 is 0. The van der Waals surface area contributed by atoms with Gasteiger partial charge in [-0.15, -0.1) is 0 Å². The number of nitrogens with zero attached hydrogens (tertiary/aromatic N) is 3. The number of hydrogen-bond acceptors (Lipinski definition) is 4. The molecule has 1 fully saturated rings. The topological polar surface area (TPSA) is 31.4 Å². The van der Waals surface area contributed by atoms with Gasteiger partial charge in [0.25, 0.3) is 0 Å². The van der Waals surface area contributed by atoms with Crippen LogP contribution in [0.4, 0.5) is 15.9 Å². The standard InChI is InChI=1S/C22H31FN4/c1-22(2,3)25-19-10-11-20(23)24-21(19)26(4)18-12-14-27(15-13-18)16-17-8-6-5-7-9-17/h5-11,18,25H,12-16H2,1-4H3. The maximum absolute atomic E-state index is 13.8. The van der Waals surface area contributed by atoms with E-state index in [2.05, 4.69) is 71.2 Å². The number of anilines is 2. The van der Waals surface area contributed by atoms with Crippen LogP contribution in [0.1, 0.15) is 39.2 Å². The molecule has 0 atom stereocenters. The zero-order chi connectivity index (χ0) is 19.4. The molecule has 1 N–H and O–H groups in total. The van der Waals surface area contributed by atoms with Crippen molar-refractivity contribution in [2.24, 2.45) is 0 Å². The molecule has 0 bridgehead atoms. The zero-order valence-electron chi connectivity index (χ0n) is 16.9. The van der Waals surface area contributed by atoms with E-state index in [1.807, 2.05) is 7.05 Å². The first-order valence-electron chi connectivity index (χ1n) is 9.76. The largest absolute Gasteiger partial charge is 0.377 e. The molecule has 3 rings (SSSR count). The van der Waals surface area contributed by atoms with Crippen molar-refractivity contribution in [1.29, 1.82) is 0 Å². The highest BCUT2D eigenvalue weighted by Crippen LogP contribution is 2.30. The molecule has 1 aliphatic rings. The summed E-state index contributed by atoms with van der Waals surface area (Å²) in [5, 5.41) is 3.46. The third-order valence-electron chi connectivity index (χ3n) is 5.04. The number of piperidine rings is 1. The molecule has 1 aromatic carbocycles. The van der Waals surface area contributed by atoms with Gasteiger partial charge in [0.2, 0.25) is 5.95 Å². The SMILES string of the molecule is CN(c1nc(F)ccc1NC(C)(C)C)C1CCN(Cc2ccccc2)CC1. The number of nitrogens with one attached hydrogen (secondary N) is 1. The second-order valence-electron chi connectivity index (χ2n) is 8.48. The van der Waals surface area contributed by atoms with Gasteiger partial charge in [0.05, 0.1) is 5.69 Å². The van der Waals surface area contributed by atoms with Crippen LogP contribution in [-0.2, 0) is 6.54 Å². The van der Waals surface area contributed by atoms with Crippen molar-refractivity contribution in [3.63, 3.8) is 0 Å². The predicted octanol–water partition coefficient (Wildman–Crippen LogP) is 4.53. The molecule has 5 heteroatoms. The van der Waals surface area contributed by atoms with Gasteiger partial charge < -0.3 is 10.2 Å². The Morgan fingerprint density at radius 1 is 1.11 bits per heavy atom. The first-order valence-corrected chi connectivity index (χ1v) is 9.76. The van der Waals surface area contributed by atoms with Gasteiger partial charge in [-0.05, 0) is 51.3 Å². The number of hydrogen-bond donors (Lipinski definition) is 1. The van der Waals surface area contributed by atoms with Crippen molar-refractivity contribution in [2.45, 2.75) is 51.7 Å². The molecule has 1 saturated heterocycles. The highest BCUT2D eigenvalue weighted by atomic mass is 19.1. The Balaban J connectivity index is 1.65. The molecule has 2 heterocycles. The fourth-order valence-electron chi connectivity index (χ4n) is 3.68. The van der Waals surface area contributed by atoms with Crippen LogP contribution in [0.15, 0.2) is 42.5 Å². The van der Waals surface area contributed by atoms with E-state index >= 15 is 0 Å². The summed E-state index contributed by atoms with van der Waals surface area (Å²) in [6, 6.07) is 14.2. The van der Waals surface area contributed by atoms with Crippen LogP contribution in [0.5, 0.6) is 0 Å². The molecule has 27 heavy (non-hydrogen) atoms. The second-order valence-corrected chi connectivity index (χ2v) is 8.48. The number of rotatable bonds is 5. The normalized spacial score (nSPS) is 16.3. The summed E-state index contributed by atoms with van der Waals surface area (Å²) in [5.74, 6) is 0.268. The highest BCUT2D eigenvalue weighted by molar-refractivity contribution is 5.66. The van der Waals surface area contributed by atoms with Crippen LogP contribution in [-0.4, -0.2) is 41.6 Å². The Kier molecular flexibility index (Phi) is 6.00. The molecule has 0 amide bonds. The van der Waals surface area contributed by atoms with E-state index in [-0.39, 0.29) is 5.54 Å². The van der Waals surface area contributed by atoms with E-state index < -0.39 is 5.95 Å². The van der Waals surface area contributed by atoms with Crippen molar-refractivity contribution in [1.82, 2.24) is 9.88 Å². The smallest absolute Gasteiger partial charge is 0.214 e. The molecule has 1 aromatic heterocycles. The lowest BCUT2D eigenvalue weighted by Crippen LogP contribution is -2.44. The van der Waals surface area contributed by atoms with Gasteiger partial charge in [0.1, 0.15) is 0 Å². The van der Waals surface area contributed by atoms with Gasteiger partial charge in [-0.2, -0.15) is 4.39 Å². The van der Waals surface area contributed by atoms with Crippen molar-refractivity contribution < 1.29 is 4.39 Å². The van der Waals surface area contributed by atoms with Gasteiger partial charge in [-0.1, -0.05) is 30.3 Å². The third kappa shape index (κ3) is 5.42. The predicted molar refractivity (Wildman–Crippen MR) is 111 cm³/mol. The van der Waals surface area contributed by atoms with Crippen molar-refractivity contribution in [3.05, 3.63) is 54.0 Å². The van der Waals surface area contributed by atoms with Gasteiger partial charge in [0, 0.05) is 38.3 Å². The van der Waals surface area contributed by atoms with E-state index in [4.69, 9.17) is 0 Å². The van der Waals surface area contributed by atoms with Gasteiger partial charge in [-0.25, -0.2) is 4.98 Å². The molecule has 2 aromatic rings. The zero-order valence-corrected chi connectivity index (χ0v) is 16.9. The Morgan fingerprint density at radius 2 is 1.78 bits per heavy atom. The molecule has 146 valence electrons. The van der Waals surface area contributed by atoms with Crippen LogP contribution in [0, 0.1) is 5.95 Å². The summed E-state index contributed by atoms with van der Waals surface area (Å²) in [5.41, 5.74) is 2.14. The van der Waals surface area contributed by atoms with Gasteiger partial charge in [-0.3, -0.25) is 4.90 Å². The van der Waals surface area contributed by atoms with E-state index in [1.54, 1.807) is 6.07 Å². The van der Waals surface area contributed by atoms with Crippen molar-refractivity contribution >= 4 is 11.5 Å². The minimum Gasteiger partial charge on any atom is -0.377 e. The Hall–Kier alpha value is -2.14. The molecule has 4 nitrogen and oxygen atoms in total. The van der Waals surface area contributed by atoms with E-state index in [9.17, 15) is 4.39 Å². The molecule has 0 spiro atoms. The lowest BCUT2D eigenvalue weighted by atomic mass is 10.0. The third-order valence-corrected chi connectivity index (χ3v) is 5.04. The minimum atomic E-state index is -0.433. The van der Waals surface area contributed by atoms with Crippen LogP contribution in [0.25, 0.3) is 0 Å². The summed E-state index contributed by atoms with van der Waals surface area (Å²) in [4.78, 5) is 8.85. The monoisotopic (exact) mass is 370 g/mol. The number of halogens is 1. The van der Waals surface area contributed by atoms with Crippen LogP contribution < -0.4 is 10.2 Å². The fraction of sp³-hybridized carbons (Fsp3) is 0.500. The lowest BCUT2D eigenvalue weighted by Gasteiger charge is -2.38. The summed E-state index contributed by atoms with van der Waals surface area (Å²) in [6.45, 7) is 9.38. The van der Waals surface area contributed by atoms with Crippen LogP contribution in [0.2, 0.25) is 0 Å². The Labute approximate surface area is 162 Å². The molecule has 0 radical (unpaired) electrons. The molecule has 1 aliphatic heterocycles. The fourth-order valence-corrected chi connectivity index (χ4v) is 3.68. The lowest BCUT2D eigenvalue weighted by molar-refractivity contribution is 0.203. The Bertz CT molecular complexity index is 734. The van der Waals surface area contributed by atoms with E-state index in [0.29, 0.717) is 11.9 Å². The first kappa shape index (κ1) is 19.6. The molecule has 0 aliphatic carbocycles. The summed E-state index contributed by atoms with van der Waals surface area (Å²) in [6.07, 6.45) is 2.10. The Morgan fingerprint density at radius 3 is 2.41 bits per heavy atom. The maximum Gasteiger partial charge on any atom is 0.214 e. The van der Waals surface area contributed by atoms with E-state index in [1.165, 1.54) is 11.6 Å². The van der Waals surface area contributed by atoms with E-state index in [0.717, 1.165) is 38.2 Å². The highest BCUT2D eigenvalue weighted by Gasteiger charge is 2.26. The number of pyridine rings is 1. The second kappa shape index (κ2) is 8.26. The number of likely N-dealkylation sites (tertiary alicyclic amines) is 1. The van der Waals surface area contributed by atoms with Crippen molar-refractivity contribution in [2.75, 3.05) is 30.4 Å². The molecule has 0 saturated carbocycles. The van der Waals surface area contributed by atoms with Gasteiger partial charge >= 0.3 is 0 Å². The number of benzene rings is 1. The average Bonchev–Trinajstić information content (AvgIpc) is 2.63. The summed E-state index contributed by atoms with van der Waals surface area (Å²) < 4.78 is 13.8. The minimum absolute atomic E-state index is 0.103. The maximum atomic E-state index is 13.8. The summed E-state index contributed by atoms with van der Waals surface area (Å²) in [7, 11) is 2.03. The number of aromatic nitrogens is 1. The van der Waals surface area contributed by atoms with Crippen molar-refractivity contribution in [3.8, 4) is 0 Å². The van der Waals surface area contributed by atoms with Crippen LogP contribution in [0.3, 0.4) is 0 Å². The average molecular weight is 371 g/mol. The molecular formula is C22H31FN4.